The first-order chi connectivity index (χ1) is 15.9. The van der Waals surface area contributed by atoms with Crippen LogP contribution in [0.3, 0.4) is 0 Å². The average Bonchev–Trinajstić information content (AvgIpc) is 3.37. The molecule has 34 heavy (non-hydrogen) atoms. The first-order valence-electron chi connectivity index (χ1n) is 11.2. The zero-order valence-corrected chi connectivity index (χ0v) is 20.2. The van der Waals surface area contributed by atoms with Crippen LogP contribution in [0.4, 0.5) is 13.2 Å². The van der Waals surface area contributed by atoms with Gasteiger partial charge in [-0.1, -0.05) is 20.8 Å². The standard InChI is InChI=1S/C24H32F3N3O4/c1-23(2,3)20-14-21(30(29(20)4)15-17-7-6-10-33-17)28-22(31)18-13-16(24(25,26)27)8-9-19(18)34-12-11-32-5/h8-9,13-14,17H,6-7,10-12,15H2,1-5H3/t17-/m1/s1. The van der Waals surface area contributed by atoms with Crippen LogP contribution < -0.4 is 10.2 Å². The Bertz CT molecular complexity index is 1070. The molecule has 1 fully saturated rings. The normalized spacial score (nSPS) is 17.4. The minimum absolute atomic E-state index is 0.0167. The van der Waals surface area contributed by atoms with Gasteiger partial charge >= 0.3 is 6.18 Å². The van der Waals surface area contributed by atoms with Gasteiger partial charge in [-0.25, -0.2) is 0 Å². The van der Waals surface area contributed by atoms with Gasteiger partial charge < -0.3 is 14.2 Å². The van der Waals surface area contributed by atoms with Gasteiger partial charge in [-0.15, -0.1) is 0 Å². The van der Waals surface area contributed by atoms with Crippen molar-refractivity contribution in [2.24, 2.45) is 12.0 Å². The van der Waals surface area contributed by atoms with Crippen LogP contribution in [0.5, 0.6) is 5.75 Å². The van der Waals surface area contributed by atoms with Gasteiger partial charge in [0.05, 0.1) is 30.4 Å². The number of alkyl halides is 3. The fraction of sp³-hybridized carbons (Fsp3) is 0.583. The van der Waals surface area contributed by atoms with Crippen LogP contribution in [-0.4, -0.2) is 48.3 Å². The zero-order valence-electron chi connectivity index (χ0n) is 20.2. The van der Waals surface area contributed by atoms with Gasteiger partial charge in [-0.2, -0.15) is 18.2 Å². The second-order valence-corrected chi connectivity index (χ2v) is 9.35. The number of methoxy groups -OCH3 is 1. The predicted molar refractivity (Wildman–Crippen MR) is 120 cm³/mol. The molecule has 10 heteroatoms. The van der Waals surface area contributed by atoms with Crippen molar-refractivity contribution in [3.8, 4) is 5.75 Å². The molecule has 0 unspecified atom stereocenters. The second-order valence-electron chi connectivity index (χ2n) is 9.35. The first kappa shape index (κ1) is 26.0. The van der Waals surface area contributed by atoms with E-state index in [9.17, 15) is 18.0 Å². The van der Waals surface area contributed by atoms with Crippen molar-refractivity contribution in [1.29, 1.82) is 0 Å². The highest BCUT2D eigenvalue weighted by molar-refractivity contribution is 5.97. The molecule has 2 heterocycles. The van der Waals surface area contributed by atoms with Crippen LogP contribution in [-0.2, 0) is 34.7 Å². The minimum Gasteiger partial charge on any atom is -0.490 e. The molecule has 1 atom stereocenters. The highest BCUT2D eigenvalue weighted by Gasteiger charge is 2.32. The predicted octanol–water partition coefficient (Wildman–Crippen LogP) is 4.09. The molecule has 188 valence electrons. The van der Waals surface area contributed by atoms with Crippen LogP contribution in [0.2, 0.25) is 0 Å². The average molecular weight is 484 g/mol. The zero-order chi connectivity index (χ0) is 25.1. The van der Waals surface area contributed by atoms with Crippen LogP contribution >= 0.6 is 0 Å². The molecular formula is C24H32F3N3O4. The maximum Gasteiger partial charge on any atom is 0.416 e. The molecule has 7 nitrogen and oxygen atoms in total. The maximum absolute atomic E-state index is 13.4. The topological polar surface area (TPSA) is 67.0 Å². The van der Waals surface area contributed by atoms with Crippen molar-refractivity contribution in [2.75, 3.05) is 26.9 Å². The van der Waals surface area contributed by atoms with Crippen LogP contribution in [0.1, 0.15) is 55.2 Å². The van der Waals surface area contributed by atoms with E-state index in [-0.39, 0.29) is 36.0 Å². The van der Waals surface area contributed by atoms with Crippen molar-refractivity contribution >= 4 is 5.91 Å². The molecule has 0 N–H and O–H groups in total. The Morgan fingerprint density at radius 2 is 1.94 bits per heavy atom. The summed E-state index contributed by atoms with van der Waals surface area (Å²) in [6.45, 7) is 7.59. The van der Waals surface area contributed by atoms with Crippen LogP contribution in [0.15, 0.2) is 29.3 Å². The SMILES string of the molecule is COCCOc1ccc(C(F)(F)F)cc1C(=O)N=c1cc(C(C)(C)C)n(C)n1C[C@H]1CCCO1. The summed E-state index contributed by atoms with van der Waals surface area (Å²) in [5.74, 6) is -0.790. The molecule has 1 aromatic heterocycles. The third-order valence-electron chi connectivity index (χ3n) is 5.71. The lowest BCUT2D eigenvalue weighted by atomic mass is 9.92. The molecule has 0 radical (unpaired) electrons. The lowest BCUT2D eigenvalue weighted by Gasteiger charge is -2.21. The van der Waals surface area contributed by atoms with Gasteiger partial charge in [-0.05, 0) is 31.0 Å². The summed E-state index contributed by atoms with van der Waals surface area (Å²) >= 11 is 0. The first-order valence-corrected chi connectivity index (χ1v) is 11.2. The van der Waals surface area contributed by atoms with E-state index in [1.807, 2.05) is 37.2 Å². The Hall–Kier alpha value is -2.59. The third-order valence-corrected chi connectivity index (χ3v) is 5.71. The molecule has 0 aliphatic carbocycles. The van der Waals surface area contributed by atoms with Gasteiger partial charge in [0.2, 0.25) is 0 Å². The van der Waals surface area contributed by atoms with Gasteiger partial charge in [-0.3, -0.25) is 14.2 Å². The third kappa shape index (κ3) is 6.09. The molecule has 3 rings (SSSR count). The molecule has 0 bridgehead atoms. The lowest BCUT2D eigenvalue weighted by Crippen LogP contribution is -2.30. The van der Waals surface area contributed by atoms with E-state index in [0.717, 1.165) is 36.7 Å². The molecule has 0 saturated carbocycles. The number of benzene rings is 1. The summed E-state index contributed by atoms with van der Waals surface area (Å²) in [6.07, 6.45) is -2.77. The Kier molecular flexibility index (Phi) is 7.92. The van der Waals surface area contributed by atoms with Gasteiger partial charge in [0.25, 0.3) is 5.91 Å². The fourth-order valence-electron chi connectivity index (χ4n) is 3.96. The van der Waals surface area contributed by atoms with E-state index >= 15 is 0 Å². The molecule has 1 aromatic carbocycles. The summed E-state index contributed by atoms with van der Waals surface area (Å²) < 4.78 is 60.0. The number of aromatic nitrogens is 2. The lowest BCUT2D eigenvalue weighted by molar-refractivity contribution is -0.137. The quantitative estimate of drug-likeness (QED) is 0.557. The number of amides is 1. The van der Waals surface area contributed by atoms with Crippen molar-refractivity contribution in [1.82, 2.24) is 9.36 Å². The minimum atomic E-state index is -4.61. The largest absolute Gasteiger partial charge is 0.490 e. The van der Waals surface area contributed by atoms with E-state index in [0.29, 0.717) is 18.6 Å². The molecule has 1 aliphatic rings. The van der Waals surface area contributed by atoms with E-state index in [4.69, 9.17) is 14.2 Å². The van der Waals surface area contributed by atoms with Crippen LogP contribution in [0, 0.1) is 0 Å². The van der Waals surface area contributed by atoms with E-state index in [2.05, 4.69) is 4.99 Å². The highest BCUT2D eigenvalue weighted by Crippen LogP contribution is 2.33. The summed E-state index contributed by atoms with van der Waals surface area (Å²) in [5, 5.41) is 0. The number of nitrogens with zero attached hydrogens (tertiary/aromatic N) is 3. The number of hydrogen-bond acceptors (Lipinski definition) is 4. The fourth-order valence-corrected chi connectivity index (χ4v) is 3.96. The molecular weight excluding hydrogens is 451 g/mol. The molecule has 2 aromatic rings. The Labute approximate surface area is 197 Å². The summed E-state index contributed by atoms with van der Waals surface area (Å²) in [7, 11) is 3.36. The van der Waals surface area contributed by atoms with E-state index in [1.54, 1.807) is 6.07 Å². The maximum atomic E-state index is 13.4. The Morgan fingerprint density at radius 3 is 2.53 bits per heavy atom. The van der Waals surface area contributed by atoms with Crippen molar-refractivity contribution in [2.45, 2.75) is 57.9 Å². The van der Waals surface area contributed by atoms with Crippen molar-refractivity contribution in [3.63, 3.8) is 0 Å². The monoisotopic (exact) mass is 483 g/mol. The number of hydrogen-bond donors (Lipinski definition) is 0. The van der Waals surface area contributed by atoms with Gasteiger partial charge in [0, 0.05) is 37.9 Å². The molecule has 1 aliphatic heterocycles. The smallest absolute Gasteiger partial charge is 0.416 e. The Balaban J connectivity index is 2.08. The molecule has 1 amide bonds. The number of halogens is 3. The second kappa shape index (κ2) is 10.4. The van der Waals surface area contributed by atoms with Crippen molar-refractivity contribution < 1.29 is 32.2 Å². The number of ether oxygens (including phenoxy) is 3. The number of rotatable bonds is 7. The van der Waals surface area contributed by atoms with Crippen molar-refractivity contribution in [3.05, 3.63) is 46.6 Å². The Morgan fingerprint density at radius 1 is 1.21 bits per heavy atom. The molecule has 0 spiro atoms. The van der Waals surface area contributed by atoms with Gasteiger partial charge in [0.15, 0.2) is 5.49 Å². The highest BCUT2D eigenvalue weighted by atomic mass is 19.4. The van der Waals surface area contributed by atoms with E-state index < -0.39 is 17.6 Å². The van der Waals surface area contributed by atoms with Gasteiger partial charge in [0.1, 0.15) is 12.4 Å². The van der Waals surface area contributed by atoms with E-state index in [1.165, 1.54) is 7.11 Å². The number of carbonyl (C=O) groups excluding carboxylic acids is 1. The summed E-state index contributed by atoms with van der Waals surface area (Å²) in [4.78, 5) is 17.5. The molecule has 1 saturated heterocycles. The number of carbonyl (C=O) groups is 1. The summed E-state index contributed by atoms with van der Waals surface area (Å²) in [5.41, 5.74) is -0.156. The summed E-state index contributed by atoms with van der Waals surface area (Å²) in [6, 6.07) is 4.61. The van der Waals surface area contributed by atoms with Crippen LogP contribution in [0.25, 0.3) is 0 Å².